The van der Waals surface area contributed by atoms with Crippen molar-refractivity contribution in [2.24, 2.45) is 5.16 Å². The van der Waals surface area contributed by atoms with Gasteiger partial charge in [0.2, 0.25) is 0 Å². The number of hydrogen-bond acceptors (Lipinski definition) is 7. The molecule has 0 amide bonds. The summed E-state index contributed by atoms with van der Waals surface area (Å²) in [5, 5.41) is 14.9. The van der Waals surface area contributed by atoms with Crippen molar-refractivity contribution in [3.8, 4) is 5.75 Å². The Morgan fingerprint density at radius 2 is 2.00 bits per heavy atom. The van der Waals surface area contributed by atoms with Gasteiger partial charge in [-0.05, 0) is 43.2 Å². The Bertz CT molecular complexity index is 587. The summed E-state index contributed by atoms with van der Waals surface area (Å²) in [7, 11) is 1.56. The van der Waals surface area contributed by atoms with E-state index in [0.29, 0.717) is 17.7 Å². The Hall–Kier alpha value is -2.64. The second-order valence-electron chi connectivity index (χ2n) is 5.41. The SMILES string of the molecule is CCCC[C@@](C[N+](=O)[O-])(O/N=C/c1ccc(OC)cc1)C(=O)OCC. The molecule has 0 aliphatic heterocycles. The number of unbranched alkanes of at least 4 members (excludes halogenated alkanes) is 1. The molecule has 0 unspecified atom stereocenters. The Morgan fingerprint density at radius 1 is 1.32 bits per heavy atom. The van der Waals surface area contributed by atoms with Crippen LogP contribution in [0.15, 0.2) is 29.4 Å². The zero-order valence-corrected chi connectivity index (χ0v) is 14.8. The minimum atomic E-state index is -1.72. The van der Waals surface area contributed by atoms with Gasteiger partial charge < -0.3 is 14.3 Å². The zero-order chi connectivity index (χ0) is 18.7. The van der Waals surface area contributed by atoms with E-state index in [2.05, 4.69) is 5.16 Å². The van der Waals surface area contributed by atoms with Gasteiger partial charge in [0.15, 0.2) is 0 Å². The van der Waals surface area contributed by atoms with Crippen LogP contribution in [0.5, 0.6) is 5.75 Å². The van der Waals surface area contributed by atoms with Gasteiger partial charge in [-0.3, -0.25) is 10.1 Å². The number of carbonyl (C=O) groups excluding carboxylic acids is 1. The lowest BCUT2D eigenvalue weighted by Crippen LogP contribution is -2.48. The summed E-state index contributed by atoms with van der Waals surface area (Å²) in [6.45, 7) is 2.96. The van der Waals surface area contributed by atoms with Gasteiger partial charge in [-0.15, -0.1) is 0 Å². The third-order valence-electron chi connectivity index (χ3n) is 3.51. The molecule has 0 fully saturated rings. The van der Waals surface area contributed by atoms with Crippen molar-refractivity contribution in [2.45, 2.75) is 38.7 Å². The van der Waals surface area contributed by atoms with Gasteiger partial charge in [-0.2, -0.15) is 0 Å². The monoisotopic (exact) mass is 352 g/mol. The van der Waals surface area contributed by atoms with Crippen LogP contribution in [0.2, 0.25) is 0 Å². The lowest BCUT2D eigenvalue weighted by atomic mass is 9.97. The van der Waals surface area contributed by atoms with Gasteiger partial charge in [0.05, 0.1) is 19.9 Å². The maximum absolute atomic E-state index is 12.3. The van der Waals surface area contributed by atoms with Crippen LogP contribution in [0.4, 0.5) is 0 Å². The Morgan fingerprint density at radius 3 is 2.52 bits per heavy atom. The molecule has 8 heteroatoms. The first-order chi connectivity index (χ1) is 12.0. The number of benzene rings is 1. The summed E-state index contributed by atoms with van der Waals surface area (Å²) in [6.07, 6.45) is 2.87. The summed E-state index contributed by atoms with van der Waals surface area (Å²) in [4.78, 5) is 28.1. The molecule has 0 N–H and O–H groups in total. The maximum atomic E-state index is 12.3. The van der Waals surface area contributed by atoms with Crippen LogP contribution in [0.3, 0.4) is 0 Å². The average Bonchev–Trinajstić information content (AvgIpc) is 2.59. The third kappa shape index (κ3) is 6.40. The molecule has 0 radical (unpaired) electrons. The van der Waals surface area contributed by atoms with Crippen LogP contribution in [-0.4, -0.2) is 43.0 Å². The van der Waals surface area contributed by atoms with E-state index in [9.17, 15) is 14.9 Å². The predicted molar refractivity (Wildman–Crippen MR) is 92.4 cm³/mol. The van der Waals surface area contributed by atoms with Crippen LogP contribution in [-0.2, 0) is 14.4 Å². The molecule has 1 rings (SSSR count). The van der Waals surface area contributed by atoms with Crippen LogP contribution >= 0.6 is 0 Å². The first-order valence-corrected chi connectivity index (χ1v) is 8.12. The molecule has 1 aromatic rings. The normalized spacial score (nSPS) is 13.2. The number of nitro groups is 1. The Labute approximate surface area is 146 Å². The molecule has 0 saturated carbocycles. The maximum Gasteiger partial charge on any atom is 0.360 e. The van der Waals surface area contributed by atoms with E-state index in [-0.39, 0.29) is 13.0 Å². The fourth-order valence-corrected chi connectivity index (χ4v) is 2.17. The number of methoxy groups -OCH3 is 1. The van der Waals surface area contributed by atoms with Crippen molar-refractivity contribution in [1.29, 1.82) is 0 Å². The van der Waals surface area contributed by atoms with Crippen LogP contribution < -0.4 is 4.74 Å². The van der Waals surface area contributed by atoms with Gasteiger partial charge in [-0.1, -0.05) is 18.5 Å². The topological polar surface area (TPSA) is 100 Å². The number of oxime groups is 1. The largest absolute Gasteiger partial charge is 0.497 e. The molecule has 8 nitrogen and oxygen atoms in total. The highest BCUT2D eigenvalue weighted by Crippen LogP contribution is 2.23. The number of carbonyl (C=O) groups is 1. The van der Waals surface area contributed by atoms with Crippen molar-refractivity contribution >= 4 is 12.2 Å². The lowest BCUT2D eigenvalue weighted by Gasteiger charge is -2.25. The molecule has 0 aromatic heterocycles. The summed E-state index contributed by atoms with van der Waals surface area (Å²) < 4.78 is 10.0. The molecular weight excluding hydrogens is 328 g/mol. The quantitative estimate of drug-likeness (QED) is 0.263. The fraction of sp³-hybridized carbons (Fsp3) is 0.529. The fourth-order valence-electron chi connectivity index (χ4n) is 2.17. The lowest BCUT2D eigenvalue weighted by molar-refractivity contribution is -0.499. The highest BCUT2D eigenvalue weighted by molar-refractivity contribution is 5.81. The van der Waals surface area contributed by atoms with Crippen LogP contribution in [0.1, 0.15) is 38.7 Å². The van der Waals surface area contributed by atoms with Crippen molar-refractivity contribution in [3.05, 3.63) is 39.9 Å². The van der Waals surface area contributed by atoms with E-state index in [1.807, 2.05) is 6.92 Å². The van der Waals surface area contributed by atoms with Gasteiger partial charge in [-0.25, -0.2) is 4.79 Å². The second kappa shape index (κ2) is 10.3. The molecule has 0 aliphatic carbocycles. The Kier molecular flexibility index (Phi) is 8.38. The third-order valence-corrected chi connectivity index (χ3v) is 3.51. The molecule has 0 heterocycles. The zero-order valence-electron chi connectivity index (χ0n) is 14.8. The molecule has 0 spiro atoms. The van der Waals surface area contributed by atoms with Crippen molar-refractivity contribution in [1.82, 2.24) is 0 Å². The molecule has 0 saturated heterocycles. The van der Waals surface area contributed by atoms with Gasteiger partial charge in [0, 0.05) is 11.3 Å². The molecule has 1 aromatic carbocycles. The predicted octanol–water partition coefficient (Wildman–Crippen LogP) is 2.81. The van der Waals surface area contributed by atoms with E-state index in [0.717, 1.165) is 6.42 Å². The van der Waals surface area contributed by atoms with E-state index in [4.69, 9.17) is 14.3 Å². The molecule has 138 valence electrons. The van der Waals surface area contributed by atoms with Crippen LogP contribution in [0, 0.1) is 10.1 Å². The Balaban J connectivity index is 2.97. The van der Waals surface area contributed by atoms with E-state index in [1.54, 1.807) is 38.3 Å². The molecule has 25 heavy (non-hydrogen) atoms. The van der Waals surface area contributed by atoms with Gasteiger partial charge in [0.1, 0.15) is 5.75 Å². The first-order valence-electron chi connectivity index (χ1n) is 8.12. The number of ether oxygens (including phenoxy) is 2. The van der Waals surface area contributed by atoms with Crippen molar-refractivity contribution < 1.29 is 24.0 Å². The molecule has 0 bridgehead atoms. The summed E-state index contributed by atoms with van der Waals surface area (Å²) >= 11 is 0. The average molecular weight is 352 g/mol. The molecule has 1 atom stereocenters. The highest BCUT2D eigenvalue weighted by Gasteiger charge is 2.48. The van der Waals surface area contributed by atoms with E-state index < -0.39 is 23.0 Å². The van der Waals surface area contributed by atoms with Crippen molar-refractivity contribution in [2.75, 3.05) is 20.3 Å². The minimum absolute atomic E-state index is 0.107. The smallest absolute Gasteiger partial charge is 0.360 e. The second-order valence-corrected chi connectivity index (χ2v) is 5.41. The highest BCUT2D eigenvalue weighted by atomic mass is 16.7. The molecular formula is C17H24N2O6. The van der Waals surface area contributed by atoms with E-state index in [1.165, 1.54) is 6.21 Å². The standard InChI is InChI=1S/C17H24N2O6/c1-4-6-11-17(13-19(21)22,16(20)24-5-2)25-18-12-14-7-9-15(23-3)10-8-14/h7-10,12H,4-6,11,13H2,1-3H3/b18-12+/t17-/m0/s1. The number of esters is 1. The summed E-state index contributed by atoms with van der Waals surface area (Å²) in [5.41, 5.74) is -1.02. The van der Waals surface area contributed by atoms with Gasteiger partial charge in [0.25, 0.3) is 12.1 Å². The summed E-state index contributed by atoms with van der Waals surface area (Å²) in [6, 6.07) is 6.98. The number of hydrogen-bond donors (Lipinski definition) is 0. The number of nitrogens with zero attached hydrogens (tertiary/aromatic N) is 2. The number of rotatable bonds is 11. The molecule has 0 aliphatic rings. The van der Waals surface area contributed by atoms with Gasteiger partial charge >= 0.3 is 5.97 Å². The van der Waals surface area contributed by atoms with Crippen LogP contribution in [0.25, 0.3) is 0 Å². The van der Waals surface area contributed by atoms with E-state index >= 15 is 0 Å². The first kappa shape index (κ1) is 20.4. The minimum Gasteiger partial charge on any atom is -0.497 e. The summed E-state index contributed by atoms with van der Waals surface area (Å²) in [5.74, 6) is -0.0812. The van der Waals surface area contributed by atoms with Crippen molar-refractivity contribution in [3.63, 3.8) is 0 Å².